The van der Waals surface area contributed by atoms with Gasteiger partial charge in [0.1, 0.15) is 0 Å². The maximum absolute atomic E-state index is 10.5. The molecule has 0 saturated heterocycles. The molecule has 0 aliphatic carbocycles. The van der Waals surface area contributed by atoms with E-state index in [9.17, 15) is 4.79 Å². The van der Waals surface area contributed by atoms with Crippen LogP contribution in [0.25, 0.3) is 0 Å². The van der Waals surface area contributed by atoms with Crippen LogP contribution in [0.1, 0.15) is 11.3 Å². The van der Waals surface area contributed by atoms with E-state index >= 15 is 0 Å². The normalized spacial score (nSPS) is 10.1. The molecule has 0 aliphatic rings. The number of rotatable bonds is 2. The Labute approximate surface area is 70.0 Å². The number of halogens is 1. The molecule has 0 spiro atoms. The van der Waals surface area contributed by atoms with E-state index in [2.05, 4.69) is 5.10 Å². The van der Waals surface area contributed by atoms with E-state index in [0.29, 0.717) is 0 Å². The summed E-state index contributed by atoms with van der Waals surface area (Å²) in [6, 6.07) is 0. The fraction of sp³-hybridized carbons (Fsp3) is 0.429. The molecule has 0 bridgehead atoms. The Hall–Kier alpha value is -0.830. The lowest BCUT2D eigenvalue weighted by Crippen LogP contribution is -2.03. The van der Waals surface area contributed by atoms with Gasteiger partial charge in [-0.05, 0) is 24.1 Å². The highest BCUT2D eigenvalue weighted by Gasteiger charge is 2.07. The maximum Gasteiger partial charge on any atom is 0.227 e. The van der Waals surface area contributed by atoms with Gasteiger partial charge in [0.15, 0.2) is 0 Å². The topological polar surface area (TPSA) is 34.9 Å². The first kappa shape index (κ1) is 8.27. The van der Waals surface area contributed by atoms with E-state index in [-0.39, 0.29) is 11.7 Å². The van der Waals surface area contributed by atoms with E-state index in [1.54, 1.807) is 17.9 Å². The van der Waals surface area contributed by atoms with Crippen molar-refractivity contribution in [1.82, 2.24) is 9.78 Å². The lowest BCUT2D eigenvalue weighted by molar-refractivity contribution is -0.111. The molecule has 1 rings (SSSR count). The Kier molecular flexibility index (Phi) is 2.29. The molecule has 0 fully saturated rings. The largest absolute Gasteiger partial charge is 0.281 e. The number of hydrogen-bond donors (Lipinski definition) is 0. The van der Waals surface area contributed by atoms with Crippen LogP contribution in [0.2, 0.25) is 0 Å². The molecule has 0 atom stereocenters. The summed E-state index contributed by atoms with van der Waals surface area (Å²) in [6.45, 7) is 1.90. The van der Waals surface area contributed by atoms with Gasteiger partial charge in [-0.3, -0.25) is 9.48 Å². The number of aryl methyl sites for hydroxylation is 2. The summed E-state index contributed by atoms with van der Waals surface area (Å²) < 4.78 is 1.66. The third kappa shape index (κ3) is 1.80. The molecule has 0 unspecified atom stereocenters. The van der Waals surface area contributed by atoms with Gasteiger partial charge in [-0.2, -0.15) is 5.10 Å². The Morgan fingerprint density at radius 1 is 1.82 bits per heavy atom. The molecule has 60 valence electrons. The third-order valence-electron chi connectivity index (χ3n) is 1.58. The molecular formula is C7H9ClN2O. The highest BCUT2D eigenvalue weighted by molar-refractivity contribution is 6.63. The fourth-order valence-corrected chi connectivity index (χ4v) is 1.08. The summed E-state index contributed by atoms with van der Waals surface area (Å²) in [4.78, 5) is 10.5. The maximum atomic E-state index is 10.5. The standard InChI is InChI=1S/C7H9ClN2O/c1-5-4-9-10(2)6(5)3-7(8)11/h4H,3H2,1-2H3. The summed E-state index contributed by atoms with van der Waals surface area (Å²) in [6.07, 6.45) is 1.97. The van der Waals surface area contributed by atoms with Crippen LogP contribution >= 0.6 is 11.6 Å². The van der Waals surface area contributed by atoms with Crippen molar-refractivity contribution in [3.05, 3.63) is 17.5 Å². The van der Waals surface area contributed by atoms with Crippen molar-refractivity contribution in [2.75, 3.05) is 0 Å². The first-order valence-electron chi connectivity index (χ1n) is 3.27. The molecule has 0 N–H and O–H groups in total. The molecular weight excluding hydrogens is 164 g/mol. The molecule has 1 aromatic rings. The van der Waals surface area contributed by atoms with Gasteiger partial charge >= 0.3 is 0 Å². The Morgan fingerprint density at radius 3 is 2.82 bits per heavy atom. The molecule has 3 nitrogen and oxygen atoms in total. The van der Waals surface area contributed by atoms with Crippen LogP contribution in [-0.4, -0.2) is 15.0 Å². The first-order chi connectivity index (χ1) is 5.11. The van der Waals surface area contributed by atoms with E-state index in [1.807, 2.05) is 6.92 Å². The van der Waals surface area contributed by atoms with Crippen molar-refractivity contribution in [1.29, 1.82) is 0 Å². The highest BCUT2D eigenvalue weighted by atomic mass is 35.5. The molecule has 0 amide bonds. The Balaban J connectivity index is 2.92. The molecule has 0 saturated carbocycles. The highest BCUT2D eigenvalue weighted by Crippen LogP contribution is 2.07. The average molecular weight is 173 g/mol. The zero-order valence-electron chi connectivity index (χ0n) is 6.47. The van der Waals surface area contributed by atoms with E-state index < -0.39 is 0 Å². The number of carbonyl (C=O) groups is 1. The smallest absolute Gasteiger partial charge is 0.227 e. The summed E-state index contributed by atoms with van der Waals surface area (Å²) in [5.74, 6) is 0. The minimum Gasteiger partial charge on any atom is -0.281 e. The van der Waals surface area contributed by atoms with Crippen LogP contribution in [0.4, 0.5) is 0 Å². The van der Waals surface area contributed by atoms with Crippen LogP contribution in [0, 0.1) is 6.92 Å². The Morgan fingerprint density at radius 2 is 2.45 bits per heavy atom. The average Bonchev–Trinajstić information content (AvgIpc) is 2.18. The van der Waals surface area contributed by atoms with Crippen LogP contribution in [-0.2, 0) is 18.3 Å². The zero-order valence-corrected chi connectivity index (χ0v) is 7.22. The first-order valence-corrected chi connectivity index (χ1v) is 3.65. The molecule has 1 aromatic heterocycles. The van der Waals surface area contributed by atoms with Gasteiger partial charge in [0.2, 0.25) is 5.24 Å². The van der Waals surface area contributed by atoms with Crippen LogP contribution in [0.5, 0.6) is 0 Å². The van der Waals surface area contributed by atoms with Gasteiger partial charge in [-0.15, -0.1) is 0 Å². The molecule has 11 heavy (non-hydrogen) atoms. The van der Waals surface area contributed by atoms with Crippen LogP contribution < -0.4 is 0 Å². The minimum absolute atomic E-state index is 0.254. The lowest BCUT2D eigenvalue weighted by atomic mass is 10.2. The van der Waals surface area contributed by atoms with Gasteiger partial charge < -0.3 is 0 Å². The van der Waals surface area contributed by atoms with Crippen molar-refractivity contribution < 1.29 is 4.79 Å². The summed E-state index contributed by atoms with van der Waals surface area (Å²) in [5.41, 5.74) is 1.88. The van der Waals surface area contributed by atoms with E-state index in [0.717, 1.165) is 11.3 Å². The van der Waals surface area contributed by atoms with Gasteiger partial charge in [0.25, 0.3) is 0 Å². The zero-order chi connectivity index (χ0) is 8.43. The second kappa shape index (κ2) is 3.05. The summed E-state index contributed by atoms with van der Waals surface area (Å²) in [5, 5.41) is 3.62. The molecule has 0 radical (unpaired) electrons. The van der Waals surface area contributed by atoms with E-state index in [4.69, 9.17) is 11.6 Å². The second-order valence-corrected chi connectivity index (χ2v) is 2.85. The number of nitrogens with zero attached hydrogens (tertiary/aromatic N) is 2. The van der Waals surface area contributed by atoms with E-state index in [1.165, 1.54) is 0 Å². The Bertz CT molecular complexity index is 260. The predicted octanol–water partition coefficient (Wildman–Crippen LogP) is 1.04. The van der Waals surface area contributed by atoms with Crippen LogP contribution in [0.15, 0.2) is 6.20 Å². The predicted molar refractivity (Wildman–Crippen MR) is 42.5 cm³/mol. The van der Waals surface area contributed by atoms with Crippen molar-refractivity contribution >= 4 is 16.8 Å². The number of hydrogen-bond acceptors (Lipinski definition) is 2. The number of aromatic nitrogens is 2. The van der Waals surface area contributed by atoms with Gasteiger partial charge in [-0.25, -0.2) is 0 Å². The SMILES string of the molecule is Cc1cnn(C)c1CC(=O)Cl. The molecule has 0 aromatic carbocycles. The molecule has 1 heterocycles. The lowest BCUT2D eigenvalue weighted by Gasteiger charge is -1.97. The monoisotopic (exact) mass is 172 g/mol. The quantitative estimate of drug-likeness (QED) is 0.625. The van der Waals surface area contributed by atoms with Gasteiger partial charge in [0.05, 0.1) is 12.6 Å². The van der Waals surface area contributed by atoms with Crippen LogP contribution in [0.3, 0.4) is 0 Å². The van der Waals surface area contributed by atoms with Gasteiger partial charge in [0, 0.05) is 12.7 Å². The number of carbonyl (C=O) groups excluding carboxylic acids is 1. The second-order valence-electron chi connectivity index (χ2n) is 2.43. The van der Waals surface area contributed by atoms with Crippen molar-refractivity contribution in [3.8, 4) is 0 Å². The minimum atomic E-state index is -0.350. The van der Waals surface area contributed by atoms with Gasteiger partial charge in [-0.1, -0.05) is 0 Å². The molecule has 0 aliphatic heterocycles. The fourth-order valence-electron chi connectivity index (χ4n) is 0.958. The third-order valence-corrected chi connectivity index (χ3v) is 1.71. The van der Waals surface area contributed by atoms with Crippen molar-refractivity contribution in [2.24, 2.45) is 7.05 Å². The summed E-state index contributed by atoms with van der Waals surface area (Å²) in [7, 11) is 1.79. The van der Waals surface area contributed by atoms with Crippen molar-refractivity contribution in [3.63, 3.8) is 0 Å². The molecule has 4 heteroatoms. The van der Waals surface area contributed by atoms with Crippen molar-refractivity contribution in [2.45, 2.75) is 13.3 Å². The summed E-state index contributed by atoms with van der Waals surface area (Å²) >= 11 is 5.23.